The molecule has 7 nitrogen and oxygen atoms in total. The molecule has 0 atom stereocenters. The van der Waals surface area contributed by atoms with E-state index in [1.807, 2.05) is 37.3 Å². The molecule has 0 saturated carbocycles. The van der Waals surface area contributed by atoms with Crippen LogP contribution in [-0.2, 0) is 4.79 Å². The van der Waals surface area contributed by atoms with Gasteiger partial charge in [-0.1, -0.05) is 24.8 Å². The number of fused-ring (bicyclic) bond motifs is 1. The molecule has 1 amide bonds. The topological polar surface area (TPSA) is 74.5 Å². The maximum absolute atomic E-state index is 12.8. The lowest BCUT2D eigenvalue weighted by molar-refractivity contribution is -0.112. The SMILES string of the molecule is C=C(/C=C\C(=C/C)C(=O)Nc1cc2cc(-c3cnco3)ccc2cn1)N1CCN(C)CC1. The number of nitrogens with one attached hydrogen (secondary N) is 1. The highest BCUT2D eigenvalue weighted by Gasteiger charge is 2.14. The average Bonchev–Trinajstić information content (AvgIpc) is 3.34. The van der Waals surface area contributed by atoms with E-state index in [0.29, 0.717) is 17.2 Å². The summed E-state index contributed by atoms with van der Waals surface area (Å²) in [7, 11) is 2.12. The van der Waals surface area contributed by atoms with Crippen LogP contribution in [0.25, 0.3) is 22.1 Å². The van der Waals surface area contributed by atoms with Crippen LogP contribution >= 0.6 is 0 Å². The van der Waals surface area contributed by atoms with Gasteiger partial charge in [-0.3, -0.25) is 4.79 Å². The van der Waals surface area contributed by atoms with Gasteiger partial charge < -0.3 is 19.5 Å². The second kappa shape index (κ2) is 9.62. The molecular formula is C25H27N5O2. The van der Waals surface area contributed by atoms with Gasteiger partial charge in [0, 0.05) is 54.6 Å². The number of piperazine rings is 1. The van der Waals surface area contributed by atoms with Crippen LogP contribution in [0, 0.1) is 0 Å². The molecule has 7 heteroatoms. The molecule has 3 aromatic rings. The first-order valence-electron chi connectivity index (χ1n) is 10.6. The van der Waals surface area contributed by atoms with Crippen molar-refractivity contribution >= 4 is 22.5 Å². The van der Waals surface area contributed by atoms with Crippen LogP contribution in [-0.4, -0.2) is 58.9 Å². The van der Waals surface area contributed by atoms with Gasteiger partial charge in [-0.05, 0) is 43.6 Å². The van der Waals surface area contributed by atoms with Gasteiger partial charge >= 0.3 is 0 Å². The number of carbonyl (C=O) groups is 1. The summed E-state index contributed by atoms with van der Waals surface area (Å²) in [5, 5.41) is 4.82. The second-order valence-electron chi connectivity index (χ2n) is 7.81. The Morgan fingerprint density at radius 2 is 1.94 bits per heavy atom. The number of allylic oxidation sites excluding steroid dienone is 2. The second-order valence-corrected chi connectivity index (χ2v) is 7.81. The Balaban J connectivity index is 1.45. The van der Waals surface area contributed by atoms with Crippen LogP contribution in [0.5, 0.6) is 0 Å². The van der Waals surface area contributed by atoms with Crippen molar-refractivity contribution in [1.82, 2.24) is 19.8 Å². The first kappa shape index (κ1) is 21.5. The zero-order valence-electron chi connectivity index (χ0n) is 18.4. The molecule has 4 rings (SSSR count). The van der Waals surface area contributed by atoms with Crippen molar-refractivity contribution in [2.75, 3.05) is 38.5 Å². The standard InChI is InChI=1S/C25H27N5O2/c1-4-19(6-5-18(2)30-11-9-29(3)10-12-30)25(31)28-24-14-22-13-20(23-16-26-17-32-23)7-8-21(22)15-27-24/h4-8,13-17H,2,9-12H2,1,3H3,(H,27,28,31)/b6-5-,19-4+. The number of anilines is 1. The lowest BCUT2D eigenvalue weighted by Gasteiger charge is -2.34. The Bertz CT molecular complexity index is 1170. The number of rotatable bonds is 6. The zero-order valence-corrected chi connectivity index (χ0v) is 18.4. The van der Waals surface area contributed by atoms with Crippen LogP contribution in [0.1, 0.15) is 6.92 Å². The summed E-state index contributed by atoms with van der Waals surface area (Å²) >= 11 is 0. The molecule has 0 radical (unpaired) electrons. The summed E-state index contributed by atoms with van der Waals surface area (Å²) in [6.45, 7) is 9.89. The minimum absolute atomic E-state index is 0.215. The van der Waals surface area contributed by atoms with Crippen molar-refractivity contribution in [1.29, 1.82) is 0 Å². The molecule has 3 heterocycles. The third-order valence-corrected chi connectivity index (χ3v) is 5.62. The predicted octanol–water partition coefficient (Wildman–Crippen LogP) is 4.09. The summed E-state index contributed by atoms with van der Waals surface area (Å²) < 4.78 is 5.38. The molecule has 1 fully saturated rings. The molecule has 1 aliphatic heterocycles. The van der Waals surface area contributed by atoms with E-state index in [0.717, 1.165) is 48.2 Å². The van der Waals surface area contributed by atoms with Gasteiger partial charge in [0.25, 0.3) is 5.91 Å². The maximum Gasteiger partial charge on any atom is 0.256 e. The molecule has 1 aliphatic rings. The highest BCUT2D eigenvalue weighted by molar-refractivity contribution is 6.06. The summed E-state index contributed by atoms with van der Waals surface area (Å²) in [6.07, 6.45) is 10.3. The number of benzene rings is 1. The van der Waals surface area contributed by atoms with E-state index in [-0.39, 0.29) is 5.91 Å². The Labute approximate surface area is 187 Å². The Morgan fingerprint density at radius 1 is 1.12 bits per heavy atom. The van der Waals surface area contributed by atoms with Crippen molar-refractivity contribution in [2.45, 2.75) is 6.92 Å². The van der Waals surface area contributed by atoms with Gasteiger partial charge in [-0.15, -0.1) is 0 Å². The Morgan fingerprint density at radius 3 is 2.66 bits per heavy atom. The molecule has 1 aromatic carbocycles. The van der Waals surface area contributed by atoms with Gasteiger partial charge in [-0.2, -0.15) is 0 Å². The fourth-order valence-electron chi connectivity index (χ4n) is 3.60. The fraction of sp³-hybridized carbons (Fsp3) is 0.240. The fourth-order valence-corrected chi connectivity index (χ4v) is 3.60. The number of amides is 1. The van der Waals surface area contributed by atoms with E-state index < -0.39 is 0 Å². The third kappa shape index (κ3) is 4.95. The minimum Gasteiger partial charge on any atom is -0.444 e. The summed E-state index contributed by atoms with van der Waals surface area (Å²) in [5.41, 5.74) is 2.38. The van der Waals surface area contributed by atoms with E-state index in [1.54, 1.807) is 24.5 Å². The monoisotopic (exact) mass is 429 g/mol. The third-order valence-electron chi connectivity index (χ3n) is 5.62. The van der Waals surface area contributed by atoms with E-state index in [1.165, 1.54) is 6.39 Å². The van der Waals surface area contributed by atoms with Crippen molar-refractivity contribution in [3.8, 4) is 11.3 Å². The number of hydrogen-bond acceptors (Lipinski definition) is 6. The van der Waals surface area contributed by atoms with E-state index >= 15 is 0 Å². The van der Waals surface area contributed by atoms with Crippen molar-refractivity contribution < 1.29 is 9.21 Å². The number of hydrogen-bond donors (Lipinski definition) is 1. The number of aromatic nitrogens is 2. The highest BCUT2D eigenvalue weighted by Crippen LogP contribution is 2.25. The van der Waals surface area contributed by atoms with Gasteiger partial charge in [0.05, 0.1) is 6.20 Å². The molecule has 0 unspecified atom stereocenters. The number of oxazole rings is 1. The number of carbonyl (C=O) groups excluding carboxylic acids is 1. The number of nitrogens with zero attached hydrogens (tertiary/aromatic N) is 4. The highest BCUT2D eigenvalue weighted by atomic mass is 16.3. The van der Waals surface area contributed by atoms with Crippen LogP contribution in [0.2, 0.25) is 0 Å². The zero-order chi connectivity index (χ0) is 22.5. The van der Waals surface area contributed by atoms with Crippen molar-refractivity contribution in [3.63, 3.8) is 0 Å². The minimum atomic E-state index is -0.215. The Hall–Kier alpha value is -3.71. The van der Waals surface area contributed by atoms with E-state index in [2.05, 4.69) is 38.7 Å². The quantitative estimate of drug-likeness (QED) is 0.470. The summed E-state index contributed by atoms with van der Waals surface area (Å²) in [4.78, 5) is 25.7. The van der Waals surface area contributed by atoms with Crippen LogP contribution in [0.15, 0.2) is 83.5 Å². The molecule has 164 valence electrons. The van der Waals surface area contributed by atoms with Crippen molar-refractivity contribution in [3.05, 3.63) is 79.1 Å². The lowest BCUT2D eigenvalue weighted by atomic mass is 10.1. The summed E-state index contributed by atoms with van der Waals surface area (Å²) in [5.74, 6) is 0.965. The molecule has 0 spiro atoms. The van der Waals surface area contributed by atoms with E-state index in [9.17, 15) is 4.79 Å². The first-order chi connectivity index (χ1) is 15.5. The maximum atomic E-state index is 12.8. The van der Waals surface area contributed by atoms with Gasteiger partial charge in [0.15, 0.2) is 12.2 Å². The first-order valence-corrected chi connectivity index (χ1v) is 10.6. The predicted molar refractivity (Wildman–Crippen MR) is 127 cm³/mol. The smallest absolute Gasteiger partial charge is 0.256 e. The lowest BCUT2D eigenvalue weighted by Crippen LogP contribution is -2.43. The molecular weight excluding hydrogens is 402 g/mol. The van der Waals surface area contributed by atoms with Crippen LogP contribution in [0.4, 0.5) is 5.82 Å². The van der Waals surface area contributed by atoms with E-state index in [4.69, 9.17) is 4.42 Å². The van der Waals surface area contributed by atoms with Gasteiger partial charge in [-0.25, -0.2) is 9.97 Å². The number of pyridine rings is 1. The van der Waals surface area contributed by atoms with Crippen LogP contribution in [0.3, 0.4) is 0 Å². The average molecular weight is 430 g/mol. The molecule has 1 N–H and O–H groups in total. The van der Waals surface area contributed by atoms with Crippen LogP contribution < -0.4 is 5.32 Å². The molecule has 32 heavy (non-hydrogen) atoms. The van der Waals surface area contributed by atoms with Crippen molar-refractivity contribution in [2.24, 2.45) is 0 Å². The Kier molecular flexibility index (Phi) is 6.47. The summed E-state index contributed by atoms with van der Waals surface area (Å²) in [6, 6.07) is 7.77. The largest absolute Gasteiger partial charge is 0.444 e. The molecule has 2 aromatic heterocycles. The molecule has 0 aliphatic carbocycles. The molecule has 1 saturated heterocycles. The number of likely N-dealkylation sites (N-methyl/N-ethyl adjacent to an activating group) is 1. The normalized spacial score (nSPS) is 15.4. The molecule has 0 bridgehead atoms. The van der Waals surface area contributed by atoms with Gasteiger partial charge in [0.1, 0.15) is 5.82 Å². The van der Waals surface area contributed by atoms with Gasteiger partial charge in [0.2, 0.25) is 0 Å².